The second-order valence-corrected chi connectivity index (χ2v) is 8.59. The molecule has 0 aliphatic rings. The van der Waals surface area contributed by atoms with E-state index in [2.05, 4.69) is 85.0 Å². The van der Waals surface area contributed by atoms with Crippen molar-refractivity contribution >= 4 is 22.9 Å². The number of amides is 1. The molecule has 0 spiro atoms. The van der Waals surface area contributed by atoms with E-state index in [1.807, 2.05) is 11.1 Å². The molecule has 0 aliphatic heterocycles. The van der Waals surface area contributed by atoms with Gasteiger partial charge in [0.15, 0.2) is 0 Å². The summed E-state index contributed by atoms with van der Waals surface area (Å²) < 4.78 is 0. The monoisotopic (exact) mass is 446 g/mol. The molecule has 33 heavy (non-hydrogen) atoms. The number of aromatic nitrogens is 1. The Morgan fingerprint density at radius 2 is 1.82 bits per heavy atom. The van der Waals surface area contributed by atoms with Crippen LogP contribution in [-0.2, 0) is 17.8 Å². The lowest BCUT2D eigenvalue weighted by molar-refractivity contribution is -0.121. The van der Waals surface area contributed by atoms with Crippen molar-refractivity contribution in [3.05, 3.63) is 77.0 Å². The number of para-hydroxylation sites is 1. The van der Waals surface area contributed by atoms with E-state index in [9.17, 15) is 4.79 Å². The Bertz CT molecular complexity index is 1040. The number of fused-ring (bicyclic) bond motifs is 1. The van der Waals surface area contributed by atoms with Crippen LogP contribution < -0.4 is 10.7 Å². The maximum Gasteiger partial charge on any atom is 0.258 e. The summed E-state index contributed by atoms with van der Waals surface area (Å²) >= 11 is 0. The number of nitrogens with one attached hydrogen (secondary N) is 3. The largest absolute Gasteiger partial charge is 0.358 e. The summed E-state index contributed by atoms with van der Waals surface area (Å²) in [7, 11) is 0. The lowest BCUT2D eigenvalue weighted by Gasteiger charge is -2.21. The summed E-state index contributed by atoms with van der Waals surface area (Å²) in [5, 5.41) is 6.89. The molecule has 0 radical (unpaired) electrons. The molecule has 0 saturated heterocycles. The van der Waals surface area contributed by atoms with Crippen LogP contribution in [0.3, 0.4) is 0 Å². The van der Waals surface area contributed by atoms with E-state index < -0.39 is 0 Å². The Hall–Kier alpha value is -2.89. The number of carbonyl (C=O) groups is 1. The maximum atomic E-state index is 12.3. The number of aryl methyl sites for hydroxylation is 1. The van der Waals surface area contributed by atoms with Crippen LogP contribution in [-0.4, -0.2) is 35.5 Å². The van der Waals surface area contributed by atoms with Gasteiger partial charge in [0.1, 0.15) is 0 Å². The number of H-pyrrole nitrogens is 1. The highest BCUT2D eigenvalue weighted by molar-refractivity contribution is 5.91. The van der Waals surface area contributed by atoms with E-state index in [0.29, 0.717) is 0 Å². The molecule has 0 atom stereocenters. The molecule has 1 heterocycles. The summed E-state index contributed by atoms with van der Waals surface area (Å²) in [6, 6.07) is 16.8. The van der Waals surface area contributed by atoms with Crippen molar-refractivity contribution in [2.45, 2.75) is 53.0 Å². The molecule has 0 unspecified atom stereocenters. The van der Waals surface area contributed by atoms with E-state index in [4.69, 9.17) is 0 Å². The molecule has 0 fully saturated rings. The number of nitrogens with zero attached hydrogens (tertiary/aromatic N) is 1. The predicted molar refractivity (Wildman–Crippen MR) is 139 cm³/mol. The highest BCUT2D eigenvalue weighted by Gasteiger charge is 2.07. The zero-order valence-corrected chi connectivity index (χ0v) is 20.3. The van der Waals surface area contributed by atoms with Gasteiger partial charge in [0.25, 0.3) is 5.91 Å². The first-order valence-corrected chi connectivity index (χ1v) is 12.2. The fourth-order valence-electron chi connectivity index (χ4n) is 4.06. The number of rotatable bonds is 13. The summed E-state index contributed by atoms with van der Waals surface area (Å²) in [5.41, 5.74) is 9.11. The third-order valence-electron chi connectivity index (χ3n) is 5.86. The van der Waals surface area contributed by atoms with Crippen LogP contribution in [0.5, 0.6) is 0 Å². The van der Waals surface area contributed by atoms with Crippen LogP contribution in [0.25, 0.3) is 17.0 Å². The molecule has 3 aromatic rings. The van der Waals surface area contributed by atoms with Crippen molar-refractivity contribution in [1.82, 2.24) is 20.7 Å². The lowest BCUT2D eigenvalue weighted by Crippen LogP contribution is -2.42. The maximum absolute atomic E-state index is 12.3. The topological polar surface area (TPSA) is 60.2 Å². The van der Waals surface area contributed by atoms with Gasteiger partial charge in [-0.25, -0.2) is 5.01 Å². The highest BCUT2D eigenvalue weighted by atomic mass is 16.2. The molecule has 5 heteroatoms. The number of aromatic amines is 1. The predicted octanol–water partition coefficient (Wildman–Crippen LogP) is 5.37. The van der Waals surface area contributed by atoms with Gasteiger partial charge in [0, 0.05) is 42.3 Å². The fourth-order valence-corrected chi connectivity index (χ4v) is 4.06. The Morgan fingerprint density at radius 1 is 1.03 bits per heavy atom. The number of benzene rings is 2. The minimum absolute atomic E-state index is 0.0714. The number of hydrazine groups is 1. The van der Waals surface area contributed by atoms with E-state index in [1.165, 1.54) is 27.7 Å². The lowest BCUT2D eigenvalue weighted by atomic mass is 10.1. The van der Waals surface area contributed by atoms with Crippen molar-refractivity contribution in [3.63, 3.8) is 0 Å². The number of hydrogen-bond acceptors (Lipinski definition) is 3. The Kier molecular flexibility index (Phi) is 9.73. The first kappa shape index (κ1) is 24.7. The van der Waals surface area contributed by atoms with E-state index in [0.717, 1.165) is 57.4 Å². The molecule has 0 saturated carbocycles. The van der Waals surface area contributed by atoms with Gasteiger partial charge in [0.05, 0.1) is 0 Å². The molecular formula is C28H38N4O. The standard InChI is InChI=1S/C28H38N4O/c1-4-6-20-32(19-5-2)31-28(33)16-15-23-11-13-24(14-12-23)21-29-18-17-25-22(3)30-27-10-8-7-9-26(25)27/h7-16,29-30H,4-6,17-21H2,1-3H3,(H,31,33). The second-order valence-electron chi connectivity index (χ2n) is 8.59. The van der Waals surface area contributed by atoms with Crippen molar-refractivity contribution in [2.75, 3.05) is 19.6 Å². The second kappa shape index (κ2) is 13.0. The Labute approximate surface area is 198 Å². The molecule has 3 N–H and O–H groups in total. The van der Waals surface area contributed by atoms with E-state index in [1.54, 1.807) is 6.08 Å². The zero-order chi connectivity index (χ0) is 23.5. The van der Waals surface area contributed by atoms with Gasteiger partial charge < -0.3 is 10.3 Å². The molecule has 1 amide bonds. The van der Waals surface area contributed by atoms with Gasteiger partial charge in [-0.1, -0.05) is 62.7 Å². The number of hydrogen-bond donors (Lipinski definition) is 3. The Balaban J connectivity index is 1.44. The quantitative estimate of drug-likeness (QED) is 0.188. The summed E-state index contributed by atoms with van der Waals surface area (Å²) in [4.78, 5) is 15.7. The molecule has 0 aliphatic carbocycles. The number of unbranched alkanes of at least 4 members (excludes halogenated alkanes) is 1. The van der Waals surface area contributed by atoms with Gasteiger partial charge in [-0.3, -0.25) is 10.2 Å². The van der Waals surface area contributed by atoms with Gasteiger partial charge in [0.2, 0.25) is 0 Å². The minimum atomic E-state index is -0.0714. The van der Waals surface area contributed by atoms with Crippen LogP contribution >= 0.6 is 0 Å². The smallest absolute Gasteiger partial charge is 0.258 e. The molecule has 5 nitrogen and oxygen atoms in total. The molecule has 0 bridgehead atoms. The van der Waals surface area contributed by atoms with Gasteiger partial charge in [-0.05, 0) is 61.6 Å². The van der Waals surface area contributed by atoms with E-state index >= 15 is 0 Å². The molecule has 3 rings (SSSR count). The highest BCUT2D eigenvalue weighted by Crippen LogP contribution is 2.21. The van der Waals surface area contributed by atoms with Crippen LogP contribution in [0.2, 0.25) is 0 Å². The first-order chi connectivity index (χ1) is 16.1. The summed E-state index contributed by atoms with van der Waals surface area (Å²) in [6.45, 7) is 9.96. The summed E-state index contributed by atoms with van der Waals surface area (Å²) in [5.74, 6) is -0.0714. The molecule has 2 aromatic carbocycles. The van der Waals surface area contributed by atoms with Gasteiger partial charge in [-0.15, -0.1) is 0 Å². The normalized spacial score (nSPS) is 11.6. The molecular weight excluding hydrogens is 408 g/mol. The van der Waals surface area contributed by atoms with Gasteiger partial charge in [-0.2, -0.15) is 0 Å². The minimum Gasteiger partial charge on any atom is -0.358 e. The summed E-state index contributed by atoms with van der Waals surface area (Å²) in [6.07, 6.45) is 7.71. The van der Waals surface area contributed by atoms with Crippen LogP contribution in [0.4, 0.5) is 0 Å². The van der Waals surface area contributed by atoms with Crippen molar-refractivity contribution < 1.29 is 4.79 Å². The number of carbonyl (C=O) groups excluding carboxylic acids is 1. The van der Waals surface area contributed by atoms with Gasteiger partial charge >= 0.3 is 0 Å². The van der Waals surface area contributed by atoms with Crippen LogP contribution in [0.1, 0.15) is 55.5 Å². The Morgan fingerprint density at radius 3 is 2.58 bits per heavy atom. The average Bonchev–Trinajstić information content (AvgIpc) is 3.14. The van der Waals surface area contributed by atoms with E-state index in [-0.39, 0.29) is 5.91 Å². The molecule has 1 aromatic heterocycles. The third kappa shape index (κ3) is 7.58. The van der Waals surface area contributed by atoms with Crippen molar-refractivity contribution in [1.29, 1.82) is 0 Å². The molecule has 176 valence electrons. The average molecular weight is 447 g/mol. The van der Waals surface area contributed by atoms with Crippen LogP contribution in [0, 0.1) is 6.92 Å². The zero-order valence-electron chi connectivity index (χ0n) is 20.3. The van der Waals surface area contributed by atoms with Crippen LogP contribution in [0.15, 0.2) is 54.6 Å². The van der Waals surface area contributed by atoms with Crippen molar-refractivity contribution in [3.8, 4) is 0 Å². The third-order valence-corrected chi connectivity index (χ3v) is 5.86. The first-order valence-electron chi connectivity index (χ1n) is 12.2. The van der Waals surface area contributed by atoms with Crippen molar-refractivity contribution in [2.24, 2.45) is 0 Å². The SMILES string of the molecule is CCCCN(CCC)NC(=O)C=Cc1ccc(CNCCc2c(C)[nH]c3ccccc23)cc1. The fraction of sp³-hybridized carbons (Fsp3) is 0.393.